The second-order valence-electron chi connectivity index (χ2n) is 4.65. The van der Waals surface area contributed by atoms with Crippen LogP contribution in [0.15, 0.2) is 24.3 Å². The fraction of sp³-hybridized carbons (Fsp3) is 0.500. The van der Waals surface area contributed by atoms with Crippen LogP contribution < -0.4 is 0 Å². The summed E-state index contributed by atoms with van der Waals surface area (Å²) in [7, 11) is 0. The van der Waals surface area contributed by atoms with Crippen LogP contribution in [0.3, 0.4) is 0 Å². The summed E-state index contributed by atoms with van der Waals surface area (Å²) in [5.41, 5.74) is 2.83. The Morgan fingerprint density at radius 1 is 1.00 bits per heavy atom. The summed E-state index contributed by atoms with van der Waals surface area (Å²) in [6, 6.07) is 9.00. The summed E-state index contributed by atoms with van der Waals surface area (Å²) in [4.78, 5) is 0. The molecule has 1 aromatic carbocycles. The van der Waals surface area contributed by atoms with E-state index in [1.54, 1.807) is 5.92 Å². The molecule has 0 amide bonds. The zero-order chi connectivity index (χ0) is 9.97. The predicted octanol–water partition coefficient (Wildman–Crippen LogP) is 4.13. The molecule has 1 aliphatic rings. The number of hydrogen-bond donors (Lipinski definition) is 0. The van der Waals surface area contributed by atoms with Gasteiger partial charge in [0.05, 0.1) is 0 Å². The summed E-state index contributed by atoms with van der Waals surface area (Å²) in [5.74, 6) is 2.60. The van der Waals surface area contributed by atoms with Crippen molar-refractivity contribution in [2.45, 2.75) is 39.5 Å². The number of hydrogen-bond acceptors (Lipinski definition) is 0. The number of rotatable bonds is 1. The van der Waals surface area contributed by atoms with Gasteiger partial charge in [0.25, 0.3) is 0 Å². The van der Waals surface area contributed by atoms with Crippen molar-refractivity contribution in [2.75, 3.05) is 0 Å². The van der Waals surface area contributed by atoms with Crippen LogP contribution >= 0.6 is 0 Å². The minimum Gasteiger partial charge on any atom is -0.0625 e. The monoisotopic (exact) mass is 187 g/mol. The molecule has 1 aliphatic carbocycles. The van der Waals surface area contributed by atoms with Gasteiger partial charge in [-0.1, -0.05) is 36.8 Å². The average molecular weight is 187 g/mol. The lowest BCUT2D eigenvalue weighted by atomic mass is 9.79. The molecular formula is C14H19. The summed E-state index contributed by atoms with van der Waals surface area (Å²) in [6.45, 7) is 4.52. The van der Waals surface area contributed by atoms with Crippen LogP contribution in [-0.4, -0.2) is 0 Å². The number of aryl methyl sites for hydroxylation is 1. The third kappa shape index (κ3) is 2.17. The SMILES string of the molecule is Cc1ccc([C]2CCC(C)CC2)cc1. The number of benzene rings is 1. The first-order valence-corrected chi connectivity index (χ1v) is 5.67. The summed E-state index contributed by atoms with van der Waals surface area (Å²) >= 11 is 0. The Hall–Kier alpha value is -0.780. The first kappa shape index (κ1) is 9.76. The van der Waals surface area contributed by atoms with E-state index in [4.69, 9.17) is 0 Å². The van der Waals surface area contributed by atoms with Gasteiger partial charge in [0.2, 0.25) is 0 Å². The first-order valence-electron chi connectivity index (χ1n) is 5.67. The molecule has 14 heavy (non-hydrogen) atoms. The second kappa shape index (κ2) is 4.16. The normalized spacial score (nSPS) is 19.9. The smallest absolute Gasteiger partial charge is 0.00500 e. The van der Waals surface area contributed by atoms with Crippen molar-refractivity contribution in [3.05, 3.63) is 41.3 Å². The maximum absolute atomic E-state index is 2.37. The summed E-state index contributed by atoms with van der Waals surface area (Å²) in [6.07, 6.45) is 5.38. The van der Waals surface area contributed by atoms with Crippen molar-refractivity contribution in [1.82, 2.24) is 0 Å². The minimum atomic E-state index is 0.934. The summed E-state index contributed by atoms with van der Waals surface area (Å²) in [5, 5.41) is 0. The van der Waals surface area contributed by atoms with Crippen LogP contribution in [0.4, 0.5) is 0 Å². The van der Waals surface area contributed by atoms with Crippen molar-refractivity contribution in [3.8, 4) is 0 Å². The van der Waals surface area contributed by atoms with Gasteiger partial charge in [0.15, 0.2) is 0 Å². The maximum Gasteiger partial charge on any atom is 0.00500 e. The van der Waals surface area contributed by atoms with Gasteiger partial charge in [-0.3, -0.25) is 0 Å². The molecule has 0 atom stereocenters. The highest BCUT2D eigenvalue weighted by Crippen LogP contribution is 2.34. The van der Waals surface area contributed by atoms with E-state index >= 15 is 0 Å². The molecule has 1 radical (unpaired) electrons. The van der Waals surface area contributed by atoms with Gasteiger partial charge < -0.3 is 0 Å². The Morgan fingerprint density at radius 3 is 2.14 bits per heavy atom. The lowest BCUT2D eigenvalue weighted by Crippen LogP contribution is -2.11. The second-order valence-corrected chi connectivity index (χ2v) is 4.65. The van der Waals surface area contributed by atoms with Gasteiger partial charge in [0, 0.05) is 5.92 Å². The third-order valence-electron chi connectivity index (χ3n) is 3.34. The Balaban J connectivity index is 2.05. The van der Waals surface area contributed by atoms with Crippen LogP contribution in [0.25, 0.3) is 0 Å². The molecule has 0 heterocycles. The highest BCUT2D eigenvalue weighted by molar-refractivity contribution is 5.33. The Kier molecular flexibility index (Phi) is 2.90. The Morgan fingerprint density at radius 2 is 1.57 bits per heavy atom. The average Bonchev–Trinajstić information content (AvgIpc) is 2.21. The molecule has 0 aliphatic heterocycles. The van der Waals surface area contributed by atoms with Crippen molar-refractivity contribution < 1.29 is 0 Å². The van der Waals surface area contributed by atoms with Crippen molar-refractivity contribution >= 4 is 0 Å². The predicted molar refractivity (Wildman–Crippen MR) is 61.2 cm³/mol. The topological polar surface area (TPSA) is 0 Å². The van der Waals surface area contributed by atoms with Crippen LogP contribution in [0, 0.1) is 18.8 Å². The van der Waals surface area contributed by atoms with E-state index in [0.29, 0.717) is 0 Å². The lowest BCUT2D eigenvalue weighted by Gasteiger charge is -2.25. The van der Waals surface area contributed by atoms with Gasteiger partial charge in [-0.2, -0.15) is 0 Å². The van der Waals surface area contributed by atoms with E-state index in [0.717, 1.165) is 5.92 Å². The standard InChI is InChI=1S/C14H19/c1-11-3-7-13(8-4-11)14-9-5-12(2)6-10-14/h3-4,7-8,12H,5-6,9-10H2,1-2H3. The highest BCUT2D eigenvalue weighted by Gasteiger charge is 2.19. The van der Waals surface area contributed by atoms with E-state index < -0.39 is 0 Å². The van der Waals surface area contributed by atoms with E-state index in [2.05, 4.69) is 38.1 Å². The lowest BCUT2D eigenvalue weighted by molar-refractivity contribution is 0.416. The van der Waals surface area contributed by atoms with Crippen LogP contribution in [0.1, 0.15) is 43.7 Å². The van der Waals surface area contributed by atoms with Crippen LogP contribution in [-0.2, 0) is 0 Å². The molecule has 0 N–H and O–H groups in total. The van der Waals surface area contributed by atoms with Gasteiger partial charge in [-0.05, 0) is 44.1 Å². The zero-order valence-corrected chi connectivity index (χ0v) is 9.22. The molecule has 0 aromatic heterocycles. The molecule has 1 aromatic rings. The van der Waals surface area contributed by atoms with E-state index in [9.17, 15) is 0 Å². The quantitative estimate of drug-likeness (QED) is 0.620. The maximum atomic E-state index is 2.37. The molecule has 1 saturated carbocycles. The van der Waals surface area contributed by atoms with Gasteiger partial charge in [0.1, 0.15) is 0 Å². The third-order valence-corrected chi connectivity index (χ3v) is 3.34. The van der Waals surface area contributed by atoms with Gasteiger partial charge in [-0.15, -0.1) is 0 Å². The molecule has 0 bridgehead atoms. The van der Waals surface area contributed by atoms with Crippen LogP contribution in [0.2, 0.25) is 0 Å². The van der Waals surface area contributed by atoms with E-state index in [1.165, 1.54) is 36.8 Å². The molecule has 0 nitrogen and oxygen atoms in total. The molecule has 1 fully saturated rings. The molecule has 0 saturated heterocycles. The fourth-order valence-electron chi connectivity index (χ4n) is 2.19. The molecule has 0 heteroatoms. The Bertz CT molecular complexity index is 275. The summed E-state index contributed by atoms with van der Waals surface area (Å²) < 4.78 is 0. The highest BCUT2D eigenvalue weighted by atomic mass is 14.2. The van der Waals surface area contributed by atoms with Crippen molar-refractivity contribution in [2.24, 2.45) is 5.92 Å². The molecule has 0 unspecified atom stereocenters. The van der Waals surface area contributed by atoms with E-state index in [-0.39, 0.29) is 0 Å². The molecule has 0 spiro atoms. The first-order chi connectivity index (χ1) is 6.75. The van der Waals surface area contributed by atoms with Gasteiger partial charge >= 0.3 is 0 Å². The zero-order valence-electron chi connectivity index (χ0n) is 9.22. The fourth-order valence-corrected chi connectivity index (χ4v) is 2.19. The minimum absolute atomic E-state index is 0.934. The largest absolute Gasteiger partial charge is 0.0625 e. The van der Waals surface area contributed by atoms with Crippen molar-refractivity contribution in [1.29, 1.82) is 0 Å². The van der Waals surface area contributed by atoms with Crippen LogP contribution in [0.5, 0.6) is 0 Å². The van der Waals surface area contributed by atoms with Crippen molar-refractivity contribution in [3.63, 3.8) is 0 Å². The molecule has 75 valence electrons. The Labute approximate surface area is 87.3 Å². The van der Waals surface area contributed by atoms with Gasteiger partial charge in [-0.25, -0.2) is 0 Å². The van der Waals surface area contributed by atoms with E-state index in [1.807, 2.05) is 0 Å². The molecular weight excluding hydrogens is 168 g/mol. The molecule has 2 rings (SSSR count).